The molecule has 0 saturated heterocycles. The largest absolute Gasteiger partial charge is 0.333 e. The van der Waals surface area contributed by atoms with E-state index in [-0.39, 0.29) is 5.91 Å². The van der Waals surface area contributed by atoms with Gasteiger partial charge in [-0.05, 0) is 0 Å². The summed E-state index contributed by atoms with van der Waals surface area (Å²) in [6.07, 6.45) is 1.54. The Kier molecular flexibility index (Phi) is 2.47. The van der Waals surface area contributed by atoms with Crippen LogP contribution < -0.4 is 0 Å². The predicted molar refractivity (Wildman–Crippen MR) is 54.3 cm³/mol. The van der Waals surface area contributed by atoms with Crippen LogP contribution in [0.3, 0.4) is 0 Å². The Morgan fingerprint density at radius 3 is 3.23 bits per heavy atom. The van der Waals surface area contributed by atoms with Crippen LogP contribution in [-0.4, -0.2) is 36.5 Å². The molecule has 5 nitrogen and oxygen atoms in total. The van der Waals surface area contributed by atoms with Crippen molar-refractivity contribution in [2.45, 2.75) is 13.1 Å². The number of nitrogens with zero attached hydrogens (tertiary/aromatic N) is 4. The van der Waals surface area contributed by atoms with Crippen LogP contribution in [0.1, 0.15) is 5.82 Å². The molecule has 0 bridgehead atoms. The van der Waals surface area contributed by atoms with Crippen LogP contribution in [0.15, 0.2) is 6.33 Å². The van der Waals surface area contributed by atoms with Gasteiger partial charge in [-0.25, -0.2) is 9.67 Å². The average Bonchev–Trinajstić information content (AvgIpc) is 2.63. The van der Waals surface area contributed by atoms with Crippen LogP contribution in [0, 0.1) is 0 Å². The molecular weight excluding hydrogens is 283 g/mol. The highest BCUT2D eigenvalue weighted by Crippen LogP contribution is 2.08. The molecule has 6 heteroatoms. The Hall–Kier alpha value is -0.660. The van der Waals surface area contributed by atoms with Crippen LogP contribution in [0.4, 0.5) is 0 Å². The SMILES string of the molecule is O=C(CI)N1CCn2ncnc2C1. The monoisotopic (exact) mass is 292 g/mol. The van der Waals surface area contributed by atoms with Gasteiger partial charge in [0.2, 0.25) is 5.91 Å². The number of carbonyl (C=O) groups excluding carboxylic acids is 1. The minimum atomic E-state index is 0.176. The summed E-state index contributed by atoms with van der Waals surface area (Å²) in [4.78, 5) is 17.3. The summed E-state index contributed by atoms with van der Waals surface area (Å²) in [6.45, 7) is 2.11. The van der Waals surface area contributed by atoms with Crippen LogP contribution in [-0.2, 0) is 17.9 Å². The van der Waals surface area contributed by atoms with E-state index in [4.69, 9.17) is 0 Å². The summed E-state index contributed by atoms with van der Waals surface area (Å²) >= 11 is 2.08. The molecule has 2 heterocycles. The smallest absolute Gasteiger partial charge is 0.232 e. The van der Waals surface area contributed by atoms with Gasteiger partial charge in [-0.2, -0.15) is 5.10 Å². The Morgan fingerprint density at radius 2 is 2.46 bits per heavy atom. The number of hydrogen-bond donors (Lipinski definition) is 0. The van der Waals surface area contributed by atoms with E-state index in [2.05, 4.69) is 32.7 Å². The van der Waals surface area contributed by atoms with Crippen molar-refractivity contribution in [1.29, 1.82) is 0 Å². The summed E-state index contributed by atoms with van der Waals surface area (Å²) in [5.41, 5.74) is 0. The third-order valence-corrected chi connectivity index (χ3v) is 2.73. The summed E-state index contributed by atoms with van der Waals surface area (Å²) in [7, 11) is 0. The second kappa shape index (κ2) is 3.60. The van der Waals surface area contributed by atoms with E-state index in [1.54, 1.807) is 0 Å². The van der Waals surface area contributed by atoms with Crippen molar-refractivity contribution in [3.63, 3.8) is 0 Å². The van der Waals surface area contributed by atoms with Gasteiger partial charge in [0.15, 0.2) is 0 Å². The highest BCUT2D eigenvalue weighted by atomic mass is 127. The lowest BCUT2D eigenvalue weighted by atomic mass is 10.3. The Labute approximate surface area is 89.3 Å². The molecule has 0 aliphatic carbocycles. The van der Waals surface area contributed by atoms with Crippen molar-refractivity contribution in [1.82, 2.24) is 19.7 Å². The molecule has 13 heavy (non-hydrogen) atoms. The van der Waals surface area contributed by atoms with E-state index < -0.39 is 0 Å². The molecule has 1 aromatic heterocycles. The molecule has 0 radical (unpaired) electrons. The van der Waals surface area contributed by atoms with Gasteiger partial charge in [-0.15, -0.1) is 0 Å². The number of halogens is 1. The summed E-state index contributed by atoms with van der Waals surface area (Å²) < 4.78 is 2.38. The number of carbonyl (C=O) groups is 1. The van der Waals surface area contributed by atoms with Gasteiger partial charge in [-0.3, -0.25) is 4.79 Å². The van der Waals surface area contributed by atoms with Crippen molar-refractivity contribution in [2.24, 2.45) is 0 Å². The number of aromatic nitrogens is 3. The number of hydrogen-bond acceptors (Lipinski definition) is 3. The molecule has 1 amide bonds. The highest BCUT2D eigenvalue weighted by Gasteiger charge is 2.20. The fourth-order valence-electron chi connectivity index (χ4n) is 1.36. The normalized spacial score (nSPS) is 15.6. The summed E-state index contributed by atoms with van der Waals surface area (Å²) in [6, 6.07) is 0. The maximum Gasteiger partial charge on any atom is 0.232 e. The van der Waals surface area contributed by atoms with E-state index in [0.29, 0.717) is 11.0 Å². The molecule has 0 N–H and O–H groups in total. The van der Waals surface area contributed by atoms with Crippen molar-refractivity contribution in [2.75, 3.05) is 11.0 Å². The fraction of sp³-hybridized carbons (Fsp3) is 0.571. The lowest BCUT2D eigenvalue weighted by Crippen LogP contribution is -2.39. The first-order chi connectivity index (χ1) is 6.31. The molecule has 0 spiro atoms. The molecule has 1 aliphatic heterocycles. The zero-order valence-corrected chi connectivity index (χ0v) is 9.14. The van der Waals surface area contributed by atoms with Crippen molar-refractivity contribution >= 4 is 28.5 Å². The molecule has 0 atom stereocenters. The first-order valence-electron chi connectivity index (χ1n) is 4.01. The van der Waals surface area contributed by atoms with Crippen LogP contribution in [0.5, 0.6) is 0 Å². The minimum Gasteiger partial charge on any atom is -0.333 e. The maximum absolute atomic E-state index is 11.4. The van der Waals surface area contributed by atoms with Gasteiger partial charge in [0.05, 0.1) is 17.5 Å². The van der Waals surface area contributed by atoms with Crippen LogP contribution >= 0.6 is 22.6 Å². The zero-order chi connectivity index (χ0) is 9.26. The van der Waals surface area contributed by atoms with E-state index in [9.17, 15) is 4.79 Å². The van der Waals surface area contributed by atoms with Crippen molar-refractivity contribution in [3.8, 4) is 0 Å². The minimum absolute atomic E-state index is 0.176. The molecular formula is C7H9IN4O. The van der Waals surface area contributed by atoms with E-state index >= 15 is 0 Å². The number of amides is 1. The van der Waals surface area contributed by atoms with Gasteiger partial charge in [0.25, 0.3) is 0 Å². The van der Waals surface area contributed by atoms with Gasteiger partial charge in [0.1, 0.15) is 12.2 Å². The van der Waals surface area contributed by atoms with Gasteiger partial charge in [0, 0.05) is 6.54 Å². The number of alkyl halides is 1. The molecule has 1 aliphatic rings. The zero-order valence-electron chi connectivity index (χ0n) is 6.98. The standard InChI is InChI=1S/C7H9IN4O/c8-3-7(13)11-1-2-12-6(4-11)9-5-10-12/h5H,1-4H2. The van der Waals surface area contributed by atoms with Gasteiger partial charge in [-0.1, -0.05) is 22.6 Å². The molecule has 70 valence electrons. The third kappa shape index (κ3) is 1.67. The molecule has 1 aromatic rings. The molecule has 0 aromatic carbocycles. The summed E-state index contributed by atoms with van der Waals surface area (Å²) in [5, 5.41) is 4.04. The lowest BCUT2D eigenvalue weighted by Gasteiger charge is -2.25. The average molecular weight is 292 g/mol. The molecule has 2 rings (SSSR count). The fourth-order valence-corrected chi connectivity index (χ4v) is 1.84. The topological polar surface area (TPSA) is 51.0 Å². The molecule has 0 fully saturated rings. The maximum atomic E-state index is 11.4. The third-order valence-electron chi connectivity index (χ3n) is 2.08. The highest BCUT2D eigenvalue weighted by molar-refractivity contribution is 14.1. The number of fused-ring (bicyclic) bond motifs is 1. The summed E-state index contributed by atoms with van der Waals surface area (Å²) in [5.74, 6) is 1.05. The van der Waals surface area contributed by atoms with Crippen LogP contribution in [0.25, 0.3) is 0 Å². The lowest BCUT2D eigenvalue weighted by molar-refractivity contribution is -0.129. The first kappa shape index (κ1) is 8.92. The number of rotatable bonds is 1. The van der Waals surface area contributed by atoms with E-state index in [0.717, 1.165) is 18.9 Å². The second-order valence-corrected chi connectivity index (χ2v) is 3.61. The quantitative estimate of drug-likeness (QED) is 0.543. The van der Waals surface area contributed by atoms with Gasteiger partial charge < -0.3 is 4.90 Å². The Balaban J connectivity index is 2.13. The Morgan fingerprint density at radius 1 is 1.62 bits per heavy atom. The van der Waals surface area contributed by atoms with E-state index in [1.165, 1.54) is 6.33 Å². The van der Waals surface area contributed by atoms with Crippen molar-refractivity contribution < 1.29 is 4.79 Å². The Bertz CT molecular complexity index is 324. The molecule has 0 unspecified atom stereocenters. The van der Waals surface area contributed by atoms with E-state index in [1.807, 2.05) is 9.58 Å². The second-order valence-electron chi connectivity index (χ2n) is 2.85. The molecule has 0 saturated carbocycles. The predicted octanol–water partition coefficient (Wildman–Crippen LogP) is 0.0553. The van der Waals surface area contributed by atoms with Gasteiger partial charge >= 0.3 is 0 Å². The van der Waals surface area contributed by atoms with Crippen molar-refractivity contribution in [3.05, 3.63) is 12.2 Å². The van der Waals surface area contributed by atoms with Crippen LogP contribution in [0.2, 0.25) is 0 Å². The first-order valence-corrected chi connectivity index (χ1v) is 5.54.